The molecule has 0 aromatic carbocycles. The van der Waals surface area contributed by atoms with Gasteiger partial charge in [0, 0.05) is 17.6 Å². The van der Waals surface area contributed by atoms with E-state index in [1.54, 1.807) is 17.5 Å². The summed E-state index contributed by atoms with van der Waals surface area (Å²) in [7, 11) is 0. The minimum Gasteiger partial charge on any atom is -0.318 e. The number of rotatable bonds is 4. The SMILES string of the molecule is CCCn1ncc(Br)c1C(N)c1cnc(C)s1. The molecule has 2 heterocycles. The molecule has 2 N–H and O–H groups in total. The smallest absolute Gasteiger partial charge is 0.0897 e. The number of halogens is 1. The number of hydrogen-bond acceptors (Lipinski definition) is 4. The van der Waals surface area contributed by atoms with Gasteiger partial charge in [0.05, 0.1) is 27.4 Å². The zero-order valence-corrected chi connectivity index (χ0v) is 12.3. The highest BCUT2D eigenvalue weighted by Gasteiger charge is 2.19. The minimum atomic E-state index is -0.162. The summed E-state index contributed by atoms with van der Waals surface area (Å²) >= 11 is 5.14. The molecule has 0 radical (unpaired) electrons. The van der Waals surface area contributed by atoms with Crippen LogP contribution in [-0.4, -0.2) is 14.8 Å². The van der Waals surface area contributed by atoms with E-state index in [9.17, 15) is 0 Å². The van der Waals surface area contributed by atoms with Crippen molar-refractivity contribution in [3.05, 3.63) is 32.4 Å². The average molecular weight is 315 g/mol. The van der Waals surface area contributed by atoms with Crippen molar-refractivity contribution in [2.75, 3.05) is 0 Å². The van der Waals surface area contributed by atoms with Crippen molar-refractivity contribution >= 4 is 27.3 Å². The van der Waals surface area contributed by atoms with Crippen LogP contribution < -0.4 is 5.73 Å². The largest absolute Gasteiger partial charge is 0.318 e. The Balaban J connectivity index is 2.35. The lowest BCUT2D eigenvalue weighted by Gasteiger charge is -2.12. The molecule has 2 aromatic heterocycles. The van der Waals surface area contributed by atoms with Gasteiger partial charge >= 0.3 is 0 Å². The van der Waals surface area contributed by atoms with Gasteiger partial charge in [0.25, 0.3) is 0 Å². The molecule has 4 nitrogen and oxygen atoms in total. The highest BCUT2D eigenvalue weighted by molar-refractivity contribution is 9.10. The van der Waals surface area contributed by atoms with Crippen molar-refractivity contribution in [1.82, 2.24) is 14.8 Å². The molecule has 0 aliphatic carbocycles. The summed E-state index contributed by atoms with van der Waals surface area (Å²) in [5.74, 6) is 0. The molecule has 0 spiro atoms. The Hall–Kier alpha value is -0.720. The molecular weight excluding hydrogens is 300 g/mol. The lowest BCUT2D eigenvalue weighted by Crippen LogP contribution is -2.17. The molecule has 1 atom stereocenters. The predicted molar refractivity (Wildman–Crippen MR) is 73.1 cm³/mol. The summed E-state index contributed by atoms with van der Waals surface area (Å²) in [6.07, 6.45) is 4.69. The lowest BCUT2D eigenvalue weighted by atomic mass is 10.2. The van der Waals surface area contributed by atoms with E-state index in [-0.39, 0.29) is 6.04 Å². The highest BCUT2D eigenvalue weighted by atomic mass is 79.9. The molecule has 0 saturated carbocycles. The van der Waals surface area contributed by atoms with Crippen LogP contribution in [0.2, 0.25) is 0 Å². The van der Waals surface area contributed by atoms with E-state index in [2.05, 4.69) is 32.9 Å². The number of nitrogens with two attached hydrogens (primary N) is 1. The molecule has 2 aromatic rings. The third-order valence-corrected chi connectivity index (χ3v) is 4.12. The van der Waals surface area contributed by atoms with E-state index in [0.29, 0.717) is 0 Å². The zero-order valence-electron chi connectivity index (χ0n) is 9.85. The van der Waals surface area contributed by atoms with Crippen molar-refractivity contribution in [1.29, 1.82) is 0 Å². The highest BCUT2D eigenvalue weighted by Crippen LogP contribution is 2.29. The lowest BCUT2D eigenvalue weighted by molar-refractivity contribution is 0.560. The van der Waals surface area contributed by atoms with Crippen LogP contribution in [0.1, 0.15) is 35.0 Å². The van der Waals surface area contributed by atoms with E-state index in [4.69, 9.17) is 5.73 Å². The summed E-state index contributed by atoms with van der Waals surface area (Å²) in [5, 5.41) is 5.37. The quantitative estimate of drug-likeness (QED) is 0.944. The maximum atomic E-state index is 6.29. The van der Waals surface area contributed by atoms with Crippen LogP contribution >= 0.6 is 27.3 Å². The van der Waals surface area contributed by atoms with Gasteiger partial charge in [0.2, 0.25) is 0 Å². The maximum Gasteiger partial charge on any atom is 0.0897 e. The monoisotopic (exact) mass is 314 g/mol. The second-order valence-electron chi connectivity index (χ2n) is 3.86. The summed E-state index contributed by atoms with van der Waals surface area (Å²) in [6.45, 7) is 4.99. The Morgan fingerprint density at radius 3 is 2.88 bits per heavy atom. The number of thiazole rings is 1. The first-order valence-corrected chi connectivity index (χ1v) is 7.13. The van der Waals surface area contributed by atoms with Crippen molar-refractivity contribution in [3.63, 3.8) is 0 Å². The molecule has 17 heavy (non-hydrogen) atoms. The van der Waals surface area contributed by atoms with Crippen molar-refractivity contribution in [2.45, 2.75) is 32.9 Å². The van der Waals surface area contributed by atoms with Gasteiger partial charge < -0.3 is 5.73 Å². The molecular formula is C11H15BrN4S. The fourth-order valence-corrected chi connectivity index (χ4v) is 3.06. The molecule has 0 aliphatic heterocycles. The minimum absolute atomic E-state index is 0.162. The van der Waals surface area contributed by atoms with Crippen LogP contribution in [0, 0.1) is 6.92 Å². The molecule has 2 rings (SSSR count). The Labute approximate surface area is 113 Å². The Kier molecular flexibility index (Phi) is 3.96. The van der Waals surface area contributed by atoms with Crippen molar-refractivity contribution in [2.24, 2.45) is 5.73 Å². The second kappa shape index (κ2) is 5.29. The Bertz CT molecular complexity index is 505. The van der Waals surface area contributed by atoms with Crippen molar-refractivity contribution < 1.29 is 0 Å². The van der Waals surface area contributed by atoms with Crippen LogP contribution in [0.5, 0.6) is 0 Å². The first kappa shape index (κ1) is 12.7. The third kappa shape index (κ3) is 2.59. The summed E-state index contributed by atoms with van der Waals surface area (Å²) in [4.78, 5) is 5.32. The summed E-state index contributed by atoms with van der Waals surface area (Å²) < 4.78 is 2.92. The number of aryl methyl sites for hydroxylation is 2. The predicted octanol–water partition coefficient (Wildman–Crippen LogP) is 2.87. The first-order valence-electron chi connectivity index (χ1n) is 5.52. The van der Waals surface area contributed by atoms with Gasteiger partial charge in [-0.2, -0.15) is 5.10 Å². The number of aromatic nitrogens is 3. The van der Waals surface area contributed by atoms with Gasteiger partial charge in [-0.25, -0.2) is 4.98 Å². The number of hydrogen-bond donors (Lipinski definition) is 1. The number of nitrogens with zero attached hydrogens (tertiary/aromatic N) is 3. The maximum absolute atomic E-state index is 6.29. The van der Waals surface area contributed by atoms with Gasteiger partial charge in [-0.3, -0.25) is 4.68 Å². The van der Waals surface area contributed by atoms with Crippen LogP contribution in [-0.2, 0) is 6.54 Å². The van der Waals surface area contributed by atoms with Gasteiger partial charge in [-0.05, 0) is 29.3 Å². The van der Waals surface area contributed by atoms with E-state index in [1.165, 1.54) is 0 Å². The molecule has 0 amide bonds. The first-order chi connectivity index (χ1) is 8.13. The fourth-order valence-electron chi connectivity index (χ4n) is 1.73. The van der Waals surface area contributed by atoms with E-state index < -0.39 is 0 Å². The summed E-state index contributed by atoms with van der Waals surface area (Å²) in [5.41, 5.74) is 7.31. The van der Waals surface area contributed by atoms with Gasteiger partial charge in [-0.1, -0.05) is 6.92 Å². The Morgan fingerprint density at radius 1 is 1.53 bits per heavy atom. The van der Waals surface area contributed by atoms with Gasteiger partial charge in [0.1, 0.15) is 0 Å². The van der Waals surface area contributed by atoms with Crippen LogP contribution in [0.25, 0.3) is 0 Å². The molecule has 0 saturated heterocycles. The molecule has 1 unspecified atom stereocenters. The van der Waals surface area contributed by atoms with E-state index in [0.717, 1.165) is 33.0 Å². The van der Waals surface area contributed by atoms with E-state index in [1.807, 2.05) is 17.8 Å². The van der Waals surface area contributed by atoms with Crippen LogP contribution in [0.4, 0.5) is 0 Å². The fraction of sp³-hybridized carbons (Fsp3) is 0.455. The van der Waals surface area contributed by atoms with Gasteiger partial charge in [0.15, 0.2) is 0 Å². The average Bonchev–Trinajstić information content (AvgIpc) is 2.86. The standard InChI is InChI=1S/C11H15BrN4S/c1-3-4-16-11(8(12)5-15-16)10(13)9-6-14-7(2)17-9/h5-6,10H,3-4,13H2,1-2H3. The molecule has 0 bridgehead atoms. The second-order valence-corrected chi connectivity index (χ2v) is 5.98. The Morgan fingerprint density at radius 2 is 2.29 bits per heavy atom. The molecule has 0 fully saturated rings. The molecule has 6 heteroatoms. The van der Waals surface area contributed by atoms with Crippen molar-refractivity contribution in [3.8, 4) is 0 Å². The van der Waals surface area contributed by atoms with Crippen LogP contribution in [0.3, 0.4) is 0 Å². The normalized spacial score (nSPS) is 12.9. The van der Waals surface area contributed by atoms with Crippen LogP contribution in [0.15, 0.2) is 16.9 Å². The third-order valence-electron chi connectivity index (χ3n) is 2.51. The van der Waals surface area contributed by atoms with E-state index >= 15 is 0 Å². The molecule has 0 aliphatic rings. The topological polar surface area (TPSA) is 56.7 Å². The molecule has 92 valence electrons. The summed E-state index contributed by atoms with van der Waals surface area (Å²) in [6, 6.07) is -0.162. The van der Waals surface area contributed by atoms with Gasteiger partial charge in [-0.15, -0.1) is 11.3 Å². The zero-order chi connectivity index (χ0) is 12.4.